The van der Waals surface area contributed by atoms with E-state index in [0.717, 1.165) is 0 Å². The fraction of sp³-hybridized carbons (Fsp3) is 0.500. The summed E-state index contributed by atoms with van der Waals surface area (Å²) in [6, 6.07) is 1.40. The van der Waals surface area contributed by atoms with Gasteiger partial charge in [-0.05, 0) is 18.6 Å². The second-order valence-electron chi connectivity index (χ2n) is 5.30. The molecule has 0 heterocycles. The second kappa shape index (κ2) is 9.27. The van der Waals surface area contributed by atoms with Crippen LogP contribution >= 0.6 is 0 Å². The van der Waals surface area contributed by atoms with Gasteiger partial charge in [0, 0.05) is 11.3 Å². The molecule has 1 amide bonds. The lowest BCUT2D eigenvalue weighted by atomic mass is 10.1. The van der Waals surface area contributed by atoms with Gasteiger partial charge in [0.2, 0.25) is 5.75 Å². The summed E-state index contributed by atoms with van der Waals surface area (Å²) in [5, 5.41) is 11.6. The van der Waals surface area contributed by atoms with Crippen molar-refractivity contribution >= 4 is 21.7 Å². The van der Waals surface area contributed by atoms with Crippen LogP contribution in [0.5, 0.6) is 17.2 Å². The molecule has 0 aliphatic heterocycles. The molecule has 0 aromatic heterocycles. The zero-order chi connectivity index (χ0) is 19.9. The Bertz CT molecular complexity index is 735. The van der Waals surface area contributed by atoms with E-state index >= 15 is 0 Å². The van der Waals surface area contributed by atoms with Crippen molar-refractivity contribution in [2.45, 2.75) is 19.4 Å². The third-order valence-corrected chi connectivity index (χ3v) is 5.43. The molecule has 146 valence electrons. The van der Waals surface area contributed by atoms with Gasteiger partial charge < -0.3 is 24.6 Å². The highest BCUT2D eigenvalue weighted by Crippen LogP contribution is 2.38. The van der Waals surface area contributed by atoms with Gasteiger partial charge in [-0.25, -0.2) is 13.2 Å². The minimum Gasteiger partial charge on any atom is -0.493 e. The zero-order valence-corrected chi connectivity index (χ0v) is 15.9. The molecule has 2 N–H and O–H groups in total. The predicted molar refractivity (Wildman–Crippen MR) is 93.9 cm³/mol. The second-order valence-corrected chi connectivity index (χ2v) is 7.78. The molecule has 0 fully saturated rings. The zero-order valence-electron chi connectivity index (χ0n) is 15.1. The number of carbonyl (C=O) groups is 2. The summed E-state index contributed by atoms with van der Waals surface area (Å²) in [4.78, 5) is 23.8. The third kappa shape index (κ3) is 5.51. The molecule has 0 spiro atoms. The Morgan fingerprint density at radius 1 is 1.12 bits per heavy atom. The molecule has 0 aliphatic rings. The van der Waals surface area contributed by atoms with Crippen molar-refractivity contribution in [2.75, 3.05) is 32.8 Å². The van der Waals surface area contributed by atoms with Crippen LogP contribution in [0.1, 0.15) is 23.7 Å². The van der Waals surface area contributed by atoms with E-state index in [1.54, 1.807) is 0 Å². The number of nitrogens with one attached hydrogen (secondary N) is 1. The highest BCUT2D eigenvalue weighted by Gasteiger charge is 2.24. The summed E-state index contributed by atoms with van der Waals surface area (Å²) < 4.78 is 38.6. The number of carboxylic acid groups (broad SMARTS) is 1. The molecule has 1 aromatic rings. The van der Waals surface area contributed by atoms with Gasteiger partial charge in [-0.15, -0.1) is 0 Å². The summed E-state index contributed by atoms with van der Waals surface area (Å²) in [5.41, 5.74) is 0.0871. The van der Waals surface area contributed by atoms with Crippen molar-refractivity contribution in [3.63, 3.8) is 0 Å². The molecule has 1 unspecified atom stereocenters. The molecule has 0 saturated heterocycles. The number of methoxy groups -OCH3 is 3. The molecule has 0 saturated carbocycles. The van der Waals surface area contributed by atoms with Gasteiger partial charge in [-0.1, -0.05) is 6.92 Å². The van der Waals surface area contributed by atoms with Crippen molar-refractivity contribution in [1.82, 2.24) is 5.32 Å². The standard InChI is InChI=1S/C16H23NO8S/c1-5-26(21,22)7-6-11(16(19)20)17-15(18)10-8-12(23-2)14(25-4)13(9-10)24-3/h8-9,11H,5-7H2,1-4H3,(H,17,18)(H,19,20). The molecule has 10 heteroatoms. The SMILES string of the molecule is CCS(=O)(=O)CCC(NC(=O)c1cc(OC)c(OC)c(OC)c1)C(=O)O. The van der Waals surface area contributed by atoms with Crippen LogP contribution < -0.4 is 19.5 Å². The van der Waals surface area contributed by atoms with Crippen LogP contribution in [0.4, 0.5) is 0 Å². The van der Waals surface area contributed by atoms with E-state index in [0.29, 0.717) is 0 Å². The van der Waals surface area contributed by atoms with Gasteiger partial charge in [-0.2, -0.15) is 0 Å². The number of carboxylic acids is 1. The maximum absolute atomic E-state index is 12.4. The monoisotopic (exact) mass is 389 g/mol. The molecule has 1 aromatic carbocycles. The maximum atomic E-state index is 12.4. The van der Waals surface area contributed by atoms with Crippen LogP contribution in [-0.4, -0.2) is 64.3 Å². The Morgan fingerprint density at radius 2 is 1.65 bits per heavy atom. The highest BCUT2D eigenvalue weighted by atomic mass is 32.2. The lowest BCUT2D eigenvalue weighted by Gasteiger charge is -2.17. The molecule has 0 radical (unpaired) electrons. The summed E-state index contributed by atoms with van der Waals surface area (Å²) in [6.07, 6.45) is -0.234. The number of hydrogen-bond acceptors (Lipinski definition) is 7. The Kier molecular flexibility index (Phi) is 7.69. The van der Waals surface area contributed by atoms with E-state index in [1.807, 2.05) is 0 Å². The summed E-state index contributed by atoms with van der Waals surface area (Å²) in [5.74, 6) is -1.70. The van der Waals surface area contributed by atoms with E-state index in [1.165, 1.54) is 40.4 Å². The predicted octanol–water partition coefficient (Wildman–Crippen LogP) is 0.720. The number of sulfone groups is 1. The van der Waals surface area contributed by atoms with Gasteiger partial charge >= 0.3 is 5.97 Å². The lowest BCUT2D eigenvalue weighted by Crippen LogP contribution is -2.42. The quantitative estimate of drug-likeness (QED) is 0.599. The van der Waals surface area contributed by atoms with E-state index in [4.69, 9.17) is 14.2 Å². The van der Waals surface area contributed by atoms with Gasteiger partial charge in [0.1, 0.15) is 15.9 Å². The van der Waals surface area contributed by atoms with Crippen molar-refractivity contribution < 1.29 is 37.3 Å². The minimum atomic E-state index is -3.35. The fourth-order valence-corrected chi connectivity index (χ4v) is 3.04. The van der Waals surface area contributed by atoms with Crippen LogP contribution in [0.25, 0.3) is 0 Å². The summed E-state index contributed by atoms with van der Waals surface area (Å²) in [6.45, 7) is 1.47. The molecule has 1 atom stereocenters. The molecular formula is C16H23NO8S. The summed E-state index contributed by atoms with van der Waals surface area (Å²) >= 11 is 0. The molecule has 9 nitrogen and oxygen atoms in total. The minimum absolute atomic E-state index is 0.0871. The largest absolute Gasteiger partial charge is 0.493 e. The van der Waals surface area contributed by atoms with Crippen molar-refractivity contribution in [1.29, 1.82) is 0 Å². The number of ether oxygens (including phenoxy) is 3. The number of rotatable bonds is 10. The Labute approximate surface area is 152 Å². The first-order valence-corrected chi connectivity index (χ1v) is 9.55. The number of benzene rings is 1. The number of amides is 1. The van der Waals surface area contributed by atoms with E-state index < -0.39 is 27.8 Å². The van der Waals surface area contributed by atoms with E-state index in [-0.39, 0.29) is 40.7 Å². The van der Waals surface area contributed by atoms with Gasteiger partial charge in [0.25, 0.3) is 5.91 Å². The molecule has 0 aliphatic carbocycles. The molecule has 1 rings (SSSR count). The topological polar surface area (TPSA) is 128 Å². The first kappa shape index (κ1) is 21.6. The van der Waals surface area contributed by atoms with Crippen LogP contribution in [-0.2, 0) is 14.6 Å². The van der Waals surface area contributed by atoms with Crippen molar-refractivity contribution in [3.8, 4) is 17.2 Å². The molecule has 0 bridgehead atoms. The average Bonchev–Trinajstić information content (AvgIpc) is 2.63. The van der Waals surface area contributed by atoms with Crippen molar-refractivity contribution in [2.24, 2.45) is 0 Å². The van der Waals surface area contributed by atoms with Gasteiger partial charge in [0.15, 0.2) is 11.5 Å². The smallest absolute Gasteiger partial charge is 0.326 e. The van der Waals surface area contributed by atoms with Crippen LogP contribution in [0.2, 0.25) is 0 Å². The van der Waals surface area contributed by atoms with Crippen molar-refractivity contribution in [3.05, 3.63) is 17.7 Å². The van der Waals surface area contributed by atoms with Gasteiger partial charge in [0.05, 0.1) is 27.1 Å². The van der Waals surface area contributed by atoms with Crippen LogP contribution in [0, 0.1) is 0 Å². The fourth-order valence-electron chi connectivity index (χ4n) is 2.15. The molecule has 26 heavy (non-hydrogen) atoms. The average molecular weight is 389 g/mol. The Balaban J connectivity index is 3.04. The maximum Gasteiger partial charge on any atom is 0.326 e. The van der Waals surface area contributed by atoms with Crippen LogP contribution in [0.3, 0.4) is 0 Å². The normalized spacial score (nSPS) is 12.2. The number of aliphatic carboxylic acids is 1. The number of hydrogen-bond donors (Lipinski definition) is 2. The molecular weight excluding hydrogens is 366 g/mol. The Hall–Kier alpha value is -2.49. The summed E-state index contributed by atoms with van der Waals surface area (Å²) in [7, 11) is 0.829. The Morgan fingerprint density at radius 3 is 2.04 bits per heavy atom. The number of carbonyl (C=O) groups excluding carboxylic acids is 1. The lowest BCUT2D eigenvalue weighted by molar-refractivity contribution is -0.139. The van der Waals surface area contributed by atoms with Gasteiger partial charge in [-0.3, -0.25) is 4.79 Å². The van der Waals surface area contributed by atoms with E-state index in [2.05, 4.69) is 5.32 Å². The first-order chi connectivity index (χ1) is 12.2. The van der Waals surface area contributed by atoms with E-state index in [9.17, 15) is 23.1 Å². The first-order valence-electron chi connectivity index (χ1n) is 7.73. The third-order valence-electron chi connectivity index (χ3n) is 3.69. The van der Waals surface area contributed by atoms with Crippen LogP contribution in [0.15, 0.2) is 12.1 Å². The highest BCUT2D eigenvalue weighted by molar-refractivity contribution is 7.91.